The number of carbonyl (C=O) groups excluding carboxylic acids is 1. The molecule has 23 heavy (non-hydrogen) atoms. The first-order chi connectivity index (χ1) is 11.1. The van der Waals surface area contributed by atoms with Gasteiger partial charge in [-0.15, -0.1) is 0 Å². The highest BCUT2D eigenvalue weighted by molar-refractivity contribution is 6.32. The standard InChI is InChI=1S/C17H15ClN2O3/c1-20(8-9-21)17(22)12-6-7-16(14(18)10-12)23-15-5-3-2-4-13(15)11-19/h2-7,10,21H,8-9H2,1H3. The number of aliphatic hydroxyl groups is 1. The molecule has 0 radical (unpaired) electrons. The highest BCUT2D eigenvalue weighted by Gasteiger charge is 2.14. The molecule has 0 unspecified atom stereocenters. The van der Waals surface area contributed by atoms with E-state index in [0.717, 1.165) is 0 Å². The first kappa shape index (κ1) is 16.8. The van der Waals surface area contributed by atoms with Crippen LogP contribution in [-0.4, -0.2) is 36.1 Å². The topological polar surface area (TPSA) is 73.6 Å². The summed E-state index contributed by atoms with van der Waals surface area (Å²) >= 11 is 6.17. The molecule has 0 bridgehead atoms. The summed E-state index contributed by atoms with van der Waals surface area (Å²) in [5, 5.41) is 18.2. The van der Waals surface area contributed by atoms with Gasteiger partial charge >= 0.3 is 0 Å². The number of nitrogens with zero attached hydrogens (tertiary/aromatic N) is 2. The Morgan fingerprint density at radius 3 is 2.70 bits per heavy atom. The summed E-state index contributed by atoms with van der Waals surface area (Å²) in [5.74, 6) is 0.508. The fraction of sp³-hybridized carbons (Fsp3) is 0.176. The largest absolute Gasteiger partial charge is 0.454 e. The third-order valence-electron chi connectivity index (χ3n) is 3.19. The van der Waals surface area contributed by atoms with Crippen molar-refractivity contribution in [3.05, 3.63) is 58.6 Å². The van der Waals surface area contributed by atoms with Crippen LogP contribution in [0.3, 0.4) is 0 Å². The maximum atomic E-state index is 12.1. The zero-order chi connectivity index (χ0) is 16.8. The lowest BCUT2D eigenvalue weighted by Crippen LogP contribution is -2.29. The Hall–Kier alpha value is -2.55. The summed E-state index contributed by atoms with van der Waals surface area (Å²) in [7, 11) is 1.60. The van der Waals surface area contributed by atoms with E-state index in [9.17, 15) is 4.79 Å². The number of para-hydroxylation sites is 1. The van der Waals surface area contributed by atoms with Gasteiger partial charge in [0, 0.05) is 19.2 Å². The second-order valence-electron chi connectivity index (χ2n) is 4.81. The molecule has 0 atom stereocenters. The molecule has 0 aliphatic rings. The van der Waals surface area contributed by atoms with Gasteiger partial charge in [-0.2, -0.15) is 5.26 Å². The number of aliphatic hydroxyl groups excluding tert-OH is 1. The van der Waals surface area contributed by atoms with E-state index in [1.165, 1.54) is 11.0 Å². The molecule has 2 rings (SSSR count). The van der Waals surface area contributed by atoms with Crippen LogP contribution in [0.5, 0.6) is 11.5 Å². The maximum absolute atomic E-state index is 12.1. The van der Waals surface area contributed by atoms with Crippen molar-refractivity contribution in [2.75, 3.05) is 20.2 Å². The van der Waals surface area contributed by atoms with E-state index < -0.39 is 0 Å². The summed E-state index contributed by atoms with van der Waals surface area (Å²) in [6, 6.07) is 13.5. The zero-order valence-electron chi connectivity index (χ0n) is 12.5. The summed E-state index contributed by atoms with van der Waals surface area (Å²) in [5.41, 5.74) is 0.790. The Bertz CT molecular complexity index is 756. The molecule has 0 fully saturated rings. The minimum atomic E-state index is -0.245. The molecule has 0 aliphatic carbocycles. The van der Waals surface area contributed by atoms with Gasteiger partial charge in [-0.1, -0.05) is 23.7 Å². The molecule has 0 spiro atoms. The van der Waals surface area contributed by atoms with Crippen molar-refractivity contribution < 1.29 is 14.6 Å². The van der Waals surface area contributed by atoms with Crippen molar-refractivity contribution in [1.29, 1.82) is 5.26 Å². The van der Waals surface area contributed by atoms with Crippen molar-refractivity contribution in [2.45, 2.75) is 0 Å². The molecule has 1 N–H and O–H groups in total. The van der Waals surface area contributed by atoms with E-state index in [0.29, 0.717) is 22.6 Å². The number of rotatable bonds is 5. The summed E-state index contributed by atoms with van der Waals surface area (Å²) in [6.45, 7) is 0.131. The Labute approximate surface area is 139 Å². The van der Waals surface area contributed by atoms with E-state index in [-0.39, 0.29) is 24.1 Å². The van der Waals surface area contributed by atoms with Crippen LogP contribution in [0.2, 0.25) is 5.02 Å². The van der Waals surface area contributed by atoms with Gasteiger partial charge < -0.3 is 14.7 Å². The second kappa shape index (κ2) is 7.63. The van der Waals surface area contributed by atoms with Gasteiger partial charge in [0.05, 0.1) is 17.2 Å². The first-order valence-electron chi connectivity index (χ1n) is 6.89. The first-order valence-corrected chi connectivity index (χ1v) is 7.27. The van der Waals surface area contributed by atoms with Gasteiger partial charge in [-0.3, -0.25) is 4.79 Å². The number of likely N-dealkylation sites (N-methyl/N-ethyl adjacent to an activating group) is 1. The minimum Gasteiger partial charge on any atom is -0.454 e. The molecule has 2 aromatic rings. The molecule has 0 saturated heterocycles. The highest BCUT2D eigenvalue weighted by Crippen LogP contribution is 2.31. The van der Waals surface area contributed by atoms with Crippen LogP contribution in [-0.2, 0) is 0 Å². The van der Waals surface area contributed by atoms with Crippen LogP contribution in [0.15, 0.2) is 42.5 Å². The molecule has 0 heterocycles. The molecule has 1 amide bonds. The van der Waals surface area contributed by atoms with Gasteiger partial charge in [-0.25, -0.2) is 0 Å². The van der Waals surface area contributed by atoms with Crippen LogP contribution in [0, 0.1) is 11.3 Å². The molecule has 5 nitrogen and oxygen atoms in total. The average Bonchev–Trinajstić information content (AvgIpc) is 2.56. The van der Waals surface area contributed by atoms with E-state index in [1.807, 2.05) is 6.07 Å². The lowest BCUT2D eigenvalue weighted by molar-refractivity contribution is 0.0767. The maximum Gasteiger partial charge on any atom is 0.253 e. The lowest BCUT2D eigenvalue weighted by Gasteiger charge is -2.16. The second-order valence-corrected chi connectivity index (χ2v) is 5.21. The van der Waals surface area contributed by atoms with Gasteiger partial charge in [0.1, 0.15) is 17.6 Å². The minimum absolute atomic E-state index is 0.109. The fourth-order valence-electron chi connectivity index (χ4n) is 1.96. The summed E-state index contributed by atoms with van der Waals surface area (Å²) < 4.78 is 5.65. The van der Waals surface area contributed by atoms with E-state index in [4.69, 9.17) is 26.7 Å². The highest BCUT2D eigenvalue weighted by atomic mass is 35.5. The lowest BCUT2D eigenvalue weighted by atomic mass is 10.2. The zero-order valence-corrected chi connectivity index (χ0v) is 13.2. The quantitative estimate of drug-likeness (QED) is 0.914. The molecule has 118 valence electrons. The van der Waals surface area contributed by atoms with Gasteiger partial charge in [-0.05, 0) is 30.3 Å². The molecule has 0 aromatic heterocycles. The summed E-state index contributed by atoms with van der Waals surface area (Å²) in [6.07, 6.45) is 0. The Kier molecular flexibility index (Phi) is 5.58. The number of halogens is 1. The predicted molar refractivity (Wildman–Crippen MR) is 86.7 cm³/mol. The number of carbonyl (C=O) groups is 1. The van der Waals surface area contributed by atoms with Gasteiger partial charge in [0.25, 0.3) is 5.91 Å². The van der Waals surface area contributed by atoms with Crippen LogP contribution in [0.25, 0.3) is 0 Å². The van der Waals surface area contributed by atoms with Crippen molar-refractivity contribution >= 4 is 17.5 Å². The molecule has 6 heteroatoms. The van der Waals surface area contributed by atoms with Gasteiger partial charge in [0.2, 0.25) is 0 Å². The smallest absolute Gasteiger partial charge is 0.253 e. The number of nitriles is 1. The van der Waals surface area contributed by atoms with Crippen LogP contribution < -0.4 is 4.74 Å². The Balaban J connectivity index is 2.23. The van der Waals surface area contributed by atoms with Crippen molar-refractivity contribution in [3.63, 3.8) is 0 Å². The van der Waals surface area contributed by atoms with Crippen LogP contribution in [0.1, 0.15) is 15.9 Å². The number of ether oxygens (including phenoxy) is 1. The van der Waals surface area contributed by atoms with E-state index >= 15 is 0 Å². The Morgan fingerprint density at radius 2 is 2.04 bits per heavy atom. The Morgan fingerprint density at radius 1 is 1.30 bits per heavy atom. The van der Waals surface area contributed by atoms with Crippen molar-refractivity contribution in [3.8, 4) is 17.6 Å². The fourth-order valence-corrected chi connectivity index (χ4v) is 2.17. The van der Waals surface area contributed by atoms with E-state index in [1.54, 1.807) is 43.4 Å². The third-order valence-corrected chi connectivity index (χ3v) is 3.48. The molecule has 0 saturated carbocycles. The molecule has 0 aliphatic heterocycles. The van der Waals surface area contributed by atoms with Crippen molar-refractivity contribution in [2.24, 2.45) is 0 Å². The summed E-state index contributed by atoms with van der Waals surface area (Å²) in [4.78, 5) is 13.5. The number of hydrogen-bond acceptors (Lipinski definition) is 4. The molecule has 2 aromatic carbocycles. The predicted octanol–water partition coefficient (Wildman–Crippen LogP) is 3.07. The molecular formula is C17H15ClN2O3. The average molecular weight is 331 g/mol. The van der Waals surface area contributed by atoms with Crippen molar-refractivity contribution in [1.82, 2.24) is 4.90 Å². The number of benzene rings is 2. The number of amides is 1. The number of hydrogen-bond donors (Lipinski definition) is 1. The molecular weight excluding hydrogens is 316 g/mol. The SMILES string of the molecule is CN(CCO)C(=O)c1ccc(Oc2ccccc2C#N)c(Cl)c1. The van der Waals surface area contributed by atoms with Gasteiger partial charge in [0.15, 0.2) is 0 Å². The van der Waals surface area contributed by atoms with E-state index in [2.05, 4.69) is 0 Å². The normalized spacial score (nSPS) is 10.0. The van der Waals surface area contributed by atoms with Crippen LogP contribution >= 0.6 is 11.6 Å². The monoisotopic (exact) mass is 330 g/mol. The third kappa shape index (κ3) is 4.01. The van der Waals surface area contributed by atoms with Crippen LogP contribution in [0.4, 0.5) is 0 Å².